The zero-order valence-corrected chi connectivity index (χ0v) is 23.8. The van der Waals surface area contributed by atoms with Gasteiger partial charge in [0.1, 0.15) is 0 Å². The minimum Gasteiger partial charge on any atom is -0.305 e. The van der Waals surface area contributed by atoms with Crippen LogP contribution < -0.4 is 0 Å². The molecule has 0 unspecified atom stereocenters. The zero-order chi connectivity index (χ0) is 33.7. The maximum absolute atomic E-state index is 8.89. The van der Waals surface area contributed by atoms with Crippen molar-refractivity contribution < 1.29 is 31.1 Å². The van der Waals surface area contributed by atoms with Gasteiger partial charge in [-0.05, 0) is 41.8 Å². The van der Waals surface area contributed by atoms with E-state index in [0.717, 1.165) is 22.4 Å². The molecule has 0 fully saturated rings. The van der Waals surface area contributed by atoms with E-state index in [2.05, 4.69) is 22.1 Å². The average Bonchev–Trinajstić information content (AvgIpc) is 3.09. The number of pyridine rings is 2. The Labute approximate surface area is 262 Å². The fourth-order valence-electron chi connectivity index (χ4n) is 3.94. The van der Waals surface area contributed by atoms with Crippen molar-refractivity contribution in [2.24, 2.45) is 0 Å². The summed E-state index contributed by atoms with van der Waals surface area (Å²) in [4.78, 5) is 8.47. The molecule has 1 radical (unpaired) electrons. The summed E-state index contributed by atoms with van der Waals surface area (Å²) in [6.07, 6.45) is 1.39. The Morgan fingerprint density at radius 3 is 2.02 bits per heavy atom. The first-order valence-electron chi connectivity index (χ1n) is 16.4. The van der Waals surface area contributed by atoms with Gasteiger partial charge in [-0.25, -0.2) is 0 Å². The molecule has 0 aliphatic carbocycles. The largest absolute Gasteiger partial charge is 0.305 e. The van der Waals surface area contributed by atoms with Gasteiger partial charge in [-0.1, -0.05) is 103 Å². The van der Waals surface area contributed by atoms with Gasteiger partial charge in [0.2, 0.25) is 0 Å². The molecule has 4 aromatic carbocycles. The minimum atomic E-state index is -2.18. The van der Waals surface area contributed by atoms with Crippen LogP contribution in [0, 0.1) is 25.8 Å². The van der Waals surface area contributed by atoms with Crippen molar-refractivity contribution in [2.45, 2.75) is 20.1 Å². The second-order valence-corrected chi connectivity index (χ2v) is 8.67. The molecule has 2 aromatic heterocycles. The Hall–Kier alpha value is -4.17. The molecular weight excluding hydrogens is 665 g/mol. The third-order valence-electron chi connectivity index (χ3n) is 5.88. The van der Waals surface area contributed by atoms with Crippen LogP contribution in [-0.4, -0.2) is 9.97 Å². The Kier molecular flexibility index (Phi) is 7.08. The molecule has 0 aliphatic heterocycles. The molecule has 199 valence electrons. The van der Waals surface area contributed by atoms with Crippen molar-refractivity contribution in [1.82, 2.24) is 9.97 Å². The smallest absolute Gasteiger partial charge is 0.0349 e. The minimum absolute atomic E-state index is 0. The third-order valence-corrected chi connectivity index (χ3v) is 5.88. The SMILES string of the molecule is [2H]C([2H])([2H])c1c[c-]c(-c2ccc(C([2H])([2H])[2H])cn2)cc1.[2H]C([2H])(c1ccccc1)c1cc(-c2ccccn2)[c-]cc1-c1ccccc1.[Ir]. The van der Waals surface area contributed by atoms with Crippen LogP contribution in [-0.2, 0) is 26.5 Å². The molecule has 0 aliphatic rings. The van der Waals surface area contributed by atoms with Crippen LogP contribution >= 0.6 is 0 Å². The van der Waals surface area contributed by atoms with Crippen LogP contribution in [0.4, 0.5) is 0 Å². The second kappa shape index (κ2) is 14.3. The first-order chi connectivity index (χ1) is 22.3. The van der Waals surface area contributed by atoms with Crippen LogP contribution in [0.1, 0.15) is 33.2 Å². The normalized spacial score (nSPS) is 14.1. The zero-order valence-electron chi connectivity index (χ0n) is 29.4. The van der Waals surface area contributed by atoms with Gasteiger partial charge in [0.05, 0.1) is 0 Å². The summed E-state index contributed by atoms with van der Waals surface area (Å²) in [7, 11) is 0. The number of rotatable bonds is 5. The number of hydrogen-bond acceptors (Lipinski definition) is 2. The van der Waals surface area contributed by atoms with Gasteiger partial charge < -0.3 is 9.97 Å². The van der Waals surface area contributed by atoms with E-state index < -0.39 is 20.1 Å². The van der Waals surface area contributed by atoms with E-state index in [-0.39, 0.29) is 31.2 Å². The molecule has 40 heavy (non-hydrogen) atoms. The van der Waals surface area contributed by atoms with E-state index in [4.69, 9.17) is 11.0 Å². The van der Waals surface area contributed by atoms with Crippen molar-refractivity contribution in [3.05, 3.63) is 168 Å². The first kappa shape index (κ1) is 19.8. The second-order valence-electron chi connectivity index (χ2n) is 8.67. The molecule has 0 spiro atoms. The maximum atomic E-state index is 8.89. The predicted octanol–water partition coefficient (Wildman–Crippen LogP) is 8.97. The first-order valence-corrected chi connectivity index (χ1v) is 12.4. The summed E-state index contributed by atoms with van der Waals surface area (Å²) in [5.74, 6) is 0. The fourth-order valence-corrected chi connectivity index (χ4v) is 3.94. The summed E-state index contributed by atoms with van der Waals surface area (Å²) >= 11 is 0. The molecule has 3 heteroatoms. The molecule has 2 nitrogen and oxygen atoms in total. The van der Waals surface area contributed by atoms with E-state index in [1.165, 1.54) is 24.4 Å². The quantitative estimate of drug-likeness (QED) is 0.168. The molecule has 6 aromatic rings. The molecule has 6 rings (SSSR count). The Morgan fingerprint density at radius 1 is 0.675 bits per heavy atom. The summed E-state index contributed by atoms with van der Waals surface area (Å²) in [5.41, 5.74) is 6.15. The number of hydrogen-bond donors (Lipinski definition) is 0. The van der Waals surface area contributed by atoms with Gasteiger partial charge in [0.15, 0.2) is 0 Å². The van der Waals surface area contributed by atoms with E-state index in [1.54, 1.807) is 18.3 Å². The number of nitrogens with zero attached hydrogens (tertiary/aromatic N) is 2. The standard InChI is InChI=1S/C24H18N.C13H12N.Ir/c1-3-9-19(10-4-1)17-22-18-21(24-13-7-8-16-25-24)14-15-23(22)20-11-5-2-6-12-20;1-10-3-6-12(7-4-10)13-8-5-11(2)9-14-13;/h1-13,15-16,18H,17H2;3-6,8-9H,1-2H3;/q2*-1;/i17D2;1D3,2D3;. The fraction of sp³-hybridized carbons (Fsp3) is 0.0811. The molecular formula is C37H30IrN2-2. The molecule has 0 bridgehead atoms. The van der Waals surface area contributed by atoms with Crippen molar-refractivity contribution in [2.75, 3.05) is 0 Å². The monoisotopic (exact) mass is 703 g/mol. The third kappa shape index (κ3) is 7.70. The predicted molar refractivity (Wildman–Crippen MR) is 161 cm³/mol. The van der Waals surface area contributed by atoms with Crippen molar-refractivity contribution in [1.29, 1.82) is 0 Å². The van der Waals surface area contributed by atoms with Crippen molar-refractivity contribution in [3.8, 4) is 33.6 Å². The van der Waals surface area contributed by atoms with Crippen LogP contribution in [0.5, 0.6) is 0 Å². The van der Waals surface area contributed by atoms with Gasteiger partial charge in [0, 0.05) is 43.5 Å². The molecule has 0 atom stereocenters. The van der Waals surface area contributed by atoms with Crippen LogP contribution in [0.25, 0.3) is 33.6 Å². The number of aryl methyl sites for hydroxylation is 2. The summed E-state index contributed by atoms with van der Waals surface area (Å²) in [6, 6.07) is 42.3. The maximum Gasteiger partial charge on any atom is 0.0349 e. The molecule has 0 saturated carbocycles. The Balaban J connectivity index is 0.000000222. The van der Waals surface area contributed by atoms with E-state index in [1.807, 2.05) is 91.0 Å². The van der Waals surface area contributed by atoms with Gasteiger partial charge in [-0.3, -0.25) is 0 Å². The summed E-state index contributed by atoms with van der Waals surface area (Å²) in [5, 5.41) is 0. The molecule has 2 heterocycles. The number of benzene rings is 4. The van der Waals surface area contributed by atoms with Crippen LogP contribution in [0.3, 0.4) is 0 Å². The Bertz CT molecular complexity index is 1840. The molecule has 0 N–H and O–H groups in total. The van der Waals surface area contributed by atoms with Crippen molar-refractivity contribution in [3.63, 3.8) is 0 Å². The van der Waals surface area contributed by atoms with E-state index in [9.17, 15) is 0 Å². The van der Waals surface area contributed by atoms with Gasteiger partial charge >= 0.3 is 0 Å². The summed E-state index contributed by atoms with van der Waals surface area (Å²) < 4.78 is 61.4. The van der Waals surface area contributed by atoms with Crippen LogP contribution in [0.15, 0.2) is 134 Å². The number of aromatic nitrogens is 2. The van der Waals surface area contributed by atoms with Gasteiger partial charge in [-0.2, -0.15) is 0 Å². The Morgan fingerprint density at radius 2 is 1.38 bits per heavy atom. The van der Waals surface area contributed by atoms with E-state index in [0.29, 0.717) is 22.4 Å². The van der Waals surface area contributed by atoms with Gasteiger partial charge in [-0.15, -0.1) is 64.7 Å². The summed E-state index contributed by atoms with van der Waals surface area (Å²) in [6.45, 7) is -4.34. The van der Waals surface area contributed by atoms with Gasteiger partial charge in [0.25, 0.3) is 0 Å². The van der Waals surface area contributed by atoms with Crippen molar-refractivity contribution >= 4 is 0 Å². The topological polar surface area (TPSA) is 25.8 Å². The molecule has 0 saturated heterocycles. The van der Waals surface area contributed by atoms with Crippen LogP contribution in [0.2, 0.25) is 0 Å². The van der Waals surface area contributed by atoms with E-state index >= 15 is 0 Å². The molecule has 0 amide bonds. The average molecular weight is 703 g/mol.